The highest BCUT2D eigenvalue weighted by molar-refractivity contribution is 7.80. The van der Waals surface area contributed by atoms with Crippen molar-refractivity contribution in [1.82, 2.24) is 10.6 Å². The van der Waals surface area contributed by atoms with Gasteiger partial charge in [-0.2, -0.15) is 0 Å². The molecule has 0 aliphatic heterocycles. The average Bonchev–Trinajstić information content (AvgIpc) is 2.75. The molecule has 162 valence electrons. The van der Waals surface area contributed by atoms with Crippen LogP contribution in [-0.4, -0.2) is 36.4 Å². The van der Waals surface area contributed by atoms with E-state index in [0.29, 0.717) is 30.6 Å². The van der Waals surface area contributed by atoms with Gasteiger partial charge in [0.15, 0.2) is 16.6 Å². The molecule has 0 aliphatic rings. The standard InChI is InChI=1S/C23H30N2O4S/c1-16(2)22(27)29-15-19(11-17-7-5-4-6-8-17)14-25-23(30)24-13-18-9-10-20(26)21(12-18)28-3/h4-10,12,16,19,26H,11,13-15H2,1-3H3,(H2,24,25,30). The van der Waals surface area contributed by atoms with E-state index in [-0.39, 0.29) is 23.6 Å². The molecule has 0 amide bonds. The summed E-state index contributed by atoms with van der Waals surface area (Å²) >= 11 is 5.39. The molecule has 0 fully saturated rings. The third-order valence-corrected chi connectivity index (χ3v) is 4.84. The van der Waals surface area contributed by atoms with Gasteiger partial charge >= 0.3 is 5.97 Å². The van der Waals surface area contributed by atoms with E-state index in [2.05, 4.69) is 22.8 Å². The lowest BCUT2D eigenvalue weighted by Crippen LogP contribution is -2.39. The molecule has 6 nitrogen and oxygen atoms in total. The number of carbonyl (C=O) groups excluding carboxylic acids is 1. The zero-order valence-corrected chi connectivity index (χ0v) is 18.5. The van der Waals surface area contributed by atoms with Gasteiger partial charge in [-0.25, -0.2) is 0 Å². The smallest absolute Gasteiger partial charge is 0.308 e. The van der Waals surface area contributed by atoms with Crippen LogP contribution in [0.5, 0.6) is 11.5 Å². The van der Waals surface area contributed by atoms with Gasteiger partial charge in [-0.15, -0.1) is 0 Å². The minimum absolute atomic E-state index is 0.0867. The molecule has 1 unspecified atom stereocenters. The largest absolute Gasteiger partial charge is 0.504 e. The van der Waals surface area contributed by atoms with Gasteiger partial charge in [0.05, 0.1) is 19.6 Å². The van der Waals surface area contributed by atoms with Gasteiger partial charge < -0.3 is 25.2 Å². The highest BCUT2D eigenvalue weighted by Gasteiger charge is 2.15. The maximum atomic E-state index is 11.9. The van der Waals surface area contributed by atoms with Gasteiger partial charge in [-0.1, -0.05) is 50.2 Å². The maximum absolute atomic E-state index is 11.9. The molecule has 0 radical (unpaired) electrons. The van der Waals surface area contributed by atoms with E-state index in [1.54, 1.807) is 18.2 Å². The van der Waals surface area contributed by atoms with Gasteiger partial charge in [0.1, 0.15) is 0 Å². The summed E-state index contributed by atoms with van der Waals surface area (Å²) in [5, 5.41) is 16.6. The fourth-order valence-electron chi connectivity index (χ4n) is 2.82. The van der Waals surface area contributed by atoms with E-state index < -0.39 is 0 Å². The van der Waals surface area contributed by atoms with Crippen molar-refractivity contribution < 1.29 is 19.4 Å². The van der Waals surface area contributed by atoms with Crippen LogP contribution in [0.1, 0.15) is 25.0 Å². The first-order chi connectivity index (χ1) is 14.4. The predicted molar refractivity (Wildman–Crippen MR) is 122 cm³/mol. The molecule has 0 heterocycles. The van der Waals surface area contributed by atoms with Gasteiger partial charge in [0.2, 0.25) is 0 Å². The summed E-state index contributed by atoms with van der Waals surface area (Å²) < 4.78 is 10.6. The SMILES string of the molecule is COc1cc(CNC(=S)NCC(COC(=O)C(C)C)Cc2ccccc2)ccc1O. The summed E-state index contributed by atoms with van der Waals surface area (Å²) in [6.07, 6.45) is 0.775. The minimum atomic E-state index is -0.199. The molecule has 2 aromatic carbocycles. The van der Waals surface area contributed by atoms with Crippen LogP contribution in [0.3, 0.4) is 0 Å². The molecule has 0 bridgehead atoms. The third-order valence-electron chi connectivity index (χ3n) is 4.55. The van der Waals surface area contributed by atoms with Crippen LogP contribution in [0.4, 0.5) is 0 Å². The molecule has 2 rings (SSSR count). The van der Waals surface area contributed by atoms with Crippen molar-refractivity contribution in [3.05, 3.63) is 59.7 Å². The molecule has 0 aliphatic carbocycles. The molecule has 0 spiro atoms. The van der Waals surface area contributed by atoms with Crippen LogP contribution >= 0.6 is 12.2 Å². The number of hydrogen-bond donors (Lipinski definition) is 3. The Hall–Kier alpha value is -2.80. The van der Waals surface area contributed by atoms with E-state index in [1.807, 2.05) is 32.0 Å². The lowest BCUT2D eigenvalue weighted by Gasteiger charge is -2.20. The molecule has 2 aromatic rings. The highest BCUT2D eigenvalue weighted by atomic mass is 32.1. The maximum Gasteiger partial charge on any atom is 0.308 e. The second kappa shape index (κ2) is 12.0. The van der Waals surface area contributed by atoms with Crippen LogP contribution < -0.4 is 15.4 Å². The van der Waals surface area contributed by atoms with Crippen molar-refractivity contribution in [2.45, 2.75) is 26.8 Å². The van der Waals surface area contributed by atoms with Crippen LogP contribution in [0.25, 0.3) is 0 Å². The highest BCUT2D eigenvalue weighted by Crippen LogP contribution is 2.26. The number of nitrogens with one attached hydrogen (secondary N) is 2. The molecule has 1 atom stereocenters. The van der Waals surface area contributed by atoms with Crippen molar-refractivity contribution in [3.63, 3.8) is 0 Å². The number of esters is 1. The van der Waals surface area contributed by atoms with E-state index >= 15 is 0 Å². The van der Waals surface area contributed by atoms with Gasteiger partial charge in [-0.05, 0) is 41.9 Å². The minimum Gasteiger partial charge on any atom is -0.504 e. The fourth-order valence-corrected chi connectivity index (χ4v) is 2.97. The first-order valence-electron chi connectivity index (χ1n) is 9.97. The summed E-state index contributed by atoms with van der Waals surface area (Å²) in [7, 11) is 1.51. The number of phenolic OH excluding ortho intramolecular Hbond substituents is 1. The number of aromatic hydroxyl groups is 1. The molecule has 0 saturated heterocycles. The third kappa shape index (κ3) is 7.91. The summed E-state index contributed by atoms with van der Waals surface area (Å²) in [5.74, 6) is 0.253. The monoisotopic (exact) mass is 430 g/mol. The number of rotatable bonds is 10. The number of phenols is 1. The van der Waals surface area contributed by atoms with Crippen molar-refractivity contribution in [2.75, 3.05) is 20.3 Å². The first kappa shape index (κ1) is 23.5. The summed E-state index contributed by atoms with van der Waals surface area (Å²) in [4.78, 5) is 11.9. The van der Waals surface area contributed by atoms with Crippen molar-refractivity contribution in [2.24, 2.45) is 11.8 Å². The summed E-state index contributed by atoms with van der Waals surface area (Å²) in [5.41, 5.74) is 2.11. The number of carbonyl (C=O) groups is 1. The molecular formula is C23H30N2O4S. The topological polar surface area (TPSA) is 79.8 Å². The molecular weight excluding hydrogens is 400 g/mol. The Labute approximate surface area is 183 Å². The number of thiocarbonyl (C=S) groups is 1. The van der Waals surface area contributed by atoms with E-state index in [9.17, 15) is 9.90 Å². The van der Waals surface area contributed by atoms with Crippen LogP contribution in [0.15, 0.2) is 48.5 Å². The molecule has 30 heavy (non-hydrogen) atoms. The van der Waals surface area contributed by atoms with Crippen LogP contribution in [0, 0.1) is 11.8 Å². The second-order valence-electron chi connectivity index (χ2n) is 7.41. The predicted octanol–water partition coefficient (Wildman–Crippen LogP) is 3.42. The van der Waals surface area contributed by atoms with Crippen LogP contribution in [0.2, 0.25) is 0 Å². The van der Waals surface area contributed by atoms with E-state index in [0.717, 1.165) is 12.0 Å². The number of hydrogen-bond acceptors (Lipinski definition) is 5. The van der Waals surface area contributed by atoms with Crippen molar-refractivity contribution in [1.29, 1.82) is 0 Å². The van der Waals surface area contributed by atoms with E-state index in [4.69, 9.17) is 21.7 Å². The molecule has 0 saturated carbocycles. The Morgan fingerprint density at radius 3 is 2.50 bits per heavy atom. The normalized spacial score (nSPS) is 11.6. The molecule has 7 heteroatoms. The Morgan fingerprint density at radius 2 is 1.83 bits per heavy atom. The Kier molecular flexibility index (Phi) is 9.41. The van der Waals surface area contributed by atoms with Crippen molar-refractivity contribution >= 4 is 23.3 Å². The lowest BCUT2D eigenvalue weighted by atomic mass is 10.00. The Bertz CT molecular complexity index is 827. The number of benzene rings is 2. The zero-order chi connectivity index (χ0) is 21.9. The number of ether oxygens (including phenoxy) is 2. The lowest BCUT2D eigenvalue weighted by molar-refractivity contribution is -0.148. The van der Waals surface area contributed by atoms with Gasteiger partial charge in [0.25, 0.3) is 0 Å². The molecule has 0 aromatic heterocycles. The second-order valence-corrected chi connectivity index (χ2v) is 7.82. The van der Waals surface area contributed by atoms with Gasteiger partial charge in [0, 0.05) is 19.0 Å². The van der Waals surface area contributed by atoms with Crippen LogP contribution in [-0.2, 0) is 22.5 Å². The summed E-state index contributed by atoms with van der Waals surface area (Å²) in [6.45, 7) is 5.05. The molecule has 3 N–H and O–H groups in total. The summed E-state index contributed by atoms with van der Waals surface area (Å²) in [6, 6.07) is 15.2. The Balaban J connectivity index is 1.87. The Morgan fingerprint density at radius 1 is 1.10 bits per heavy atom. The average molecular weight is 431 g/mol. The van der Waals surface area contributed by atoms with Crippen molar-refractivity contribution in [3.8, 4) is 11.5 Å². The fraction of sp³-hybridized carbons (Fsp3) is 0.391. The van der Waals surface area contributed by atoms with E-state index in [1.165, 1.54) is 12.7 Å². The number of methoxy groups -OCH3 is 1. The van der Waals surface area contributed by atoms with Gasteiger partial charge in [-0.3, -0.25) is 4.79 Å². The quantitative estimate of drug-likeness (QED) is 0.394. The zero-order valence-electron chi connectivity index (χ0n) is 17.7. The first-order valence-corrected chi connectivity index (χ1v) is 10.4.